The fourth-order valence-corrected chi connectivity index (χ4v) is 2.05. The zero-order chi connectivity index (χ0) is 10.8. The molecule has 0 aromatic carbocycles. The highest BCUT2D eigenvalue weighted by Gasteiger charge is 2.22. The minimum Gasteiger partial charge on any atom is -0.477 e. The van der Waals surface area contributed by atoms with Crippen molar-refractivity contribution in [2.24, 2.45) is 0 Å². The van der Waals surface area contributed by atoms with E-state index in [4.69, 9.17) is 5.11 Å². The third-order valence-corrected chi connectivity index (χ3v) is 2.94. The van der Waals surface area contributed by atoms with Crippen LogP contribution in [0.1, 0.15) is 16.1 Å². The molecular weight excluding hydrogens is 218 g/mol. The van der Waals surface area contributed by atoms with E-state index in [9.17, 15) is 9.59 Å². The first kappa shape index (κ1) is 9.91. The van der Waals surface area contributed by atoms with E-state index in [1.165, 1.54) is 6.20 Å². The smallest absolute Gasteiger partial charge is 0.347 e. The lowest BCUT2D eigenvalue weighted by molar-refractivity contribution is -0.119. The molecule has 1 saturated heterocycles. The topological polar surface area (TPSA) is 91.3 Å². The molecule has 0 radical (unpaired) electrons. The molecule has 2 heterocycles. The minimum atomic E-state index is -0.985. The van der Waals surface area contributed by atoms with Gasteiger partial charge in [0, 0.05) is 13.0 Å². The van der Waals surface area contributed by atoms with Gasteiger partial charge in [0.2, 0.25) is 5.91 Å². The summed E-state index contributed by atoms with van der Waals surface area (Å²) in [4.78, 5) is 25.6. The zero-order valence-electron chi connectivity index (χ0n) is 7.69. The van der Waals surface area contributed by atoms with Crippen LogP contribution in [-0.2, 0) is 4.79 Å². The maximum absolute atomic E-state index is 10.9. The van der Waals surface area contributed by atoms with Crippen molar-refractivity contribution in [3.8, 4) is 0 Å². The summed E-state index contributed by atoms with van der Waals surface area (Å²) in [6.07, 6.45) is 1.71. The van der Waals surface area contributed by atoms with E-state index in [0.29, 0.717) is 18.1 Å². The Hall–Kier alpha value is -1.63. The lowest BCUT2D eigenvalue weighted by Gasteiger charge is -2.07. The molecule has 1 aromatic heterocycles. The van der Waals surface area contributed by atoms with Crippen LogP contribution < -0.4 is 10.6 Å². The summed E-state index contributed by atoms with van der Waals surface area (Å²) in [7, 11) is 0. The number of carbonyl (C=O) groups is 2. The van der Waals surface area contributed by atoms with Crippen LogP contribution >= 0.6 is 11.3 Å². The maximum Gasteiger partial charge on any atom is 0.347 e. The van der Waals surface area contributed by atoms with Gasteiger partial charge < -0.3 is 15.7 Å². The summed E-state index contributed by atoms with van der Waals surface area (Å²) in [6.45, 7) is 0.556. The molecule has 1 aromatic rings. The van der Waals surface area contributed by atoms with Gasteiger partial charge in [-0.25, -0.2) is 9.78 Å². The summed E-state index contributed by atoms with van der Waals surface area (Å²) in [6, 6.07) is 0.00490. The second kappa shape index (κ2) is 3.85. The van der Waals surface area contributed by atoms with Crippen molar-refractivity contribution in [3.63, 3.8) is 0 Å². The number of rotatable bonds is 3. The Morgan fingerprint density at radius 3 is 3.07 bits per heavy atom. The van der Waals surface area contributed by atoms with Gasteiger partial charge in [0.25, 0.3) is 0 Å². The molecule has 80 valence electrons. The highest BCUT2D eigenvalue weighted by atomic mass is 32.1. The van der Waals surface area contributed by atoms with Gasteiger partial charge in [-0.1, -0.05) is 11.3 Å². The molecule has 1 atom stereocenters. The van der Waals surface area contributed by atoms with Crippen LogP contribution in [0.2, 0.25) is 0 Å². The minimum absolute atomic E-state index is 0.00233. The van der Waals surface area contributed by atoms with Gasteiger partial charge in [-0.05, 0) is 0 Å². The number of hydrogen-bond donors (Lipinski definition) is 3. The van der Waals surface area contributed by atoms with Gasteiger partial charge in [0.1, 0.15) is 4.88 Å². The van der Waals surface area contributed by atoms with Crippen molar-refractivity contribution in [1.29, 1.82) is 0 Å². The van der Waals surface area contributed by atoms with Gasteiger partial charge in [-0.2, -0.15) is 0 Å². The predicted molar refractivity (Wildman–Crippen MR) is 54.1 cm³/mol. The number of anilines is 1. The van der Waals surface area contributed by atoms with E-state index in [1.54, 1.807) is 0 Å². The summed E-state index contributed by atoms with van der Waals surface area (Å²) < 4.78 is 0. The molecule has 0 spiro atoms. The molecule has 0 saturated carbocycles. The van der Waals surface area contributed by atoms with E-state index >= 15 is 0 Å². The Morgan fingerprint density at radius 2 is 2.53 bits per heavy atom. The van der Waals surface area contributed by atoms with Gasteiger partial charge in [0.15, 0.2) is 5.13 Å². The van der Waals surface area contributed by atoms with E-state index in [0.717, 1.165) is 11.3 Å². The van der Waals surface area contributed by atoms with Crippen LogP contribution in [0, 0.1) is 0 Å². The number of carboxylic acids is 1. The monoisotopic (exact) mass is 227 g/mol. The summed E-state index contributed by atoms with van der Waals surface area (Å²) >= 11 is 1.07. The number of carbonyl (C=O) groups excluding carboxylic acids is 1. The lowest BCUT2D eigenvalue weighted by atomic mass is 10.3. The molecule has 1 unspecified atom stereocenters. The summed E-state index contributed by atoms with van der Waals surface area (Å²) in [5.41, 5.74) is 0. The fourth-order valence-electron chi connectivity index (χ4n) is 1.32. The van der Waals surface area contributed by atoms with Crippen LogP contribution in [0.3, 0.4) is 0 Å². The third kappa shape index (κ3) is 2.24. The normalized spacial score (nSPS) is 20.0. The van der Waals surface area contributed by atoms with Crippen LogP contribution in [0.15, 0.2) is 6.20 Å². The van der Waals surface area contributed by atoms with Gasteiger partial charge in [-0.3, -0.25) is 4.79 Å². The average molecular weight is 227 g/mol. The van der Waals surface area contributed by atoms with E-state index in [2.05, 4.69) is 15.6 Å². The average Bonchev–Trinajstić information content (AvgIpc) is 2.76. The van der Waals surface area contributed by atoms with E-state index in [1.807, 2.05) is 0 Å². The van der Waals surface area contributed by atoms with Crippen molar-refractivity contribution < 1.29 is 14.7 Å². The number of carboxylic acid groups (broad SMARTS) is 1. The van der Waals surface area contributed by atoms with Crippen molar-refractivity contribution >= 4 is 28.3 Å². The molecule has 3 N–H and O–H groups in total. The Kier molecular flexibility index (Phi) is 2.55. The van der Waals surface area contributed by atoms with Crippen molar-refractivity contribution in [1.82, 2.24) is 10.3 Å². The number of nitrogens with one attached hydrogen (secondary N) is 2. The Labute approximate surface area is 89.3 Å². The van der Waals surface area contributed by atoms with E-state index in [-0.39, 0.29) is 16.8 Å². The zero-order valence-corrected chi connectivity index (χ0v) is 8.50. The van der Waals surface area contributed by atoms with Crippen molar-refractivity contribution in [3.05, 3.63) is 11.1 Å². The molecule has 15 heavy (non-hydrogen) atoms. The number of aromatic nitrogens is 1. The number of aromatic carboxylic acids is 1. The quantitative estimate of drug-likeness (QED) is 0.683. The Balaban J connectivity index is 1.99. The number of amides is 1. The molecule has 6 nitrogen and oxygen atoms in total. The van der Waals surface area contributed by atoms with Crippen LogP contribution in [-0.4, -0.2) is 34.6 Å². The molecule has 0 aliphatic carbocycles. The molecule has 2 rings (SSSR count). The van der Waals surface area contributed by atoms with Crippen molar-refractivity contribution in [2.45, 2.75) is 12.5 Å². The molecule has 1 aliphatic rings. The first-order chi connectivity index (χ1) is 7.15. The fraction of sp³-hybridized carbons (Fsp3) is 0.375. The molecule has 1 fully saturated rings. The highest BCUT2D eigenvalue weighted by Crippen LogP contribution is 2.19. The second-order valence-corrected chi connectivity index (χ2v) is 4.21. The maximum atomic E-state index is 10.9. The summed E-state index contributed by atoms with van der Waals surface area (Å²) in [5.74, 6) is -0.983. The molecule has 1 amide bonds. The third-order valence-electron chi connectivity index (χ3n) is 2.02. The van der Waals surface area contributed by atoms with Crippen molar-refractivity contribution in [2.75, 3.05) is 11.9 Å². The molecule has 1 aliphatic heterocycles. The molecular formula is C8H9N3O3S. The molecule has 7 heteroatoms. The Morgan fingerprint density at radius 1 is 1.73 bits per heavy atom. The standard InChI is InChI=1S/C8H9N3O3S/c12-6-1-4(2-9-6)11-8-10-3-5(15-8)7(13)14/h3-4H,1-2H2,(H,9,12)(H,10,11)(H,13,14). The number of nitrogens with zero attached hydrogens (tertiary/aromatic N) is 1. The summed E-state index contributed by atoms with van der Waals surface area (Å²) in [5, 5.41) is 14.9. The SMILES string of the molecule is O=C1CC(Nc2ncc(C(=O)O)s2)CN1. The number of hydrogen-bond acceptors (Lipinski definition) is 5. The lowest BCUT2D eigenvalue weighted by Crippen LogP contribution is -2.22. The molecule has 0 bridgehead atoms. The van der Waals surface area contributed by atoms with Gasteiger partial charge in [-0.15, -0.1) is 0 Å². The van der Waals surface area contributed by atoms with Crippen LogP contribution in [0.4, 0.5) is 5.13 Å². The first-order valence-corrected chi connectivity index (χ1v) is 5.19. The van der Waals surface area contributed by atoms with Crippen LogP contribution in [0.25, 0.3) is 0 Å². The van der Waals surface area contributed by atoms with Gasteiger partial charge >= 0.3 is 5.97 Å². The van der Waals surface area contributed by atoms with Crippen LogP contribution in [0.5, 0.6) is 0 Å². The highest BCUT2D eigenvalue weighted by molar-refractivity contribution is 7.17. The number of thiazole rings is 1. The first-order valence-electron chi connectivity index (χ1n) is 4.37. The Bertz CT molecular complexity index is 404. The largest absolute Gasteiger partial charge is 0.477 e. The predicted octanol–water partition coefficient (Wildman–Crippen LogP) is 0.142. The van der Waals surface area contributed by atoms with E-state index < -0.39 is 5.97 Å². The van der Waals surface area contributed by atoms with Gasteiger partial charge in [0.05, 0.1) is 12.2 Å². The second-order valence-electron chi connectivity index (χ2n) is 3.18.